The van der Waals surface area contributed by atoms with Crippen molar-refractivity contribution in [3.8, 4) is 0 Å². The van der Waals surface area contributed by atoms with E-state index in [-0.39, 0.29) is 30.5 Å². The lowest BCUT2D eigenvalue weighted by molar-refractivity contribution is -0.204. The van der Waals surface area contributed by atoms with Crippen LogP contribution in [0.25, 0.3) is 0 Å². The summed E-state index contributed by atoms with van der Waals surface area (Å²) in [6.07, 6.45) is -5.83. The van der Waals surface area contributed by atoms with E-state index in [1.165, 1.54) is 23.9 Å². The number of thioether (sulfide) groups is 1. The smallest absolute Gasteiger partial charge is 0.397 e. The van der Waals surface area contributed by atoms with Crippen molar-refractivity contribution < 1.29 is 45.7 Å². The summed E-state index contributed by atoms with van der Waals surface area (Å²) in [5, 5.41) is 0. The minimum atomic E-state index is -5.13. The molecule has 0 spiro atoms. The summed E-state index contributed by atoms with van der Waals surface area (Å²) in [5.74, 6) is -1.60. The summed E-state index contributed by atoms with van der Waals surface area (Å²) in [6.45, 7) is 1.86. The number of aryl methyl sites for hydroxylation is 1. The summed E-state index contributed by atoms with van der Waals surface area (Å²) < 4.78 is 63.4. The molecule has 4 N–H and O–H groups in total. The van der Waals surface area contributed by atoms with Crippen LogP contribution in [0.5, 0.6) is 0 Å². The van der Waals surface area contributed by atoms with E-state index in [0.29, 0.717) is 0 Å². The lowest BCUT2D eigenvalue weighted by Gasteiger charge is -2.44. The van der Waals surface area contributed by atoms with Crippen LogP contribution in [0.15, 0.2) is 120 Å². The van der Waals surface area contributed by atoms with Gasteiger partial charge in [0.05, 0.1) is 24.3 Å². The summed E-state index contributed by atoms with van der Waals surface area (Å²) in [7, 11) is -5.13. The van der Waals surface area contributed by atoms with Gasteiger partial charge in [0.2, 0.25) is 0 Å². The molecule has 13 heteroatoms. The number of benzene rings is 4. The summed E-state index contributed by atoms with van der Waals surface area (Å²) in [4.78, 5) is 27.6. The van der Waals surface area contributed by atoms with E-state index in [0.717, 1.165) is 16.0 Å². The highest BCUT2D eigenvalue weighted by molar-refractivity contribution is 7.99. The van der Waals surface area contributed by atoms with E-state index >= 15 is 0 Å². The average Bonchev–Trinajstić information content (AvgIpc) is 3.05. The van der Waals surface area contributed by atoms with E-state index in [4.69, 9.17) is 23.1 Å². The zero-order chi connectivity index (χ0) is 32.5. The molecule has 1 heterocycles. The van der Waals surface area contributed by atoms with Crippen LogP contribution in [0, 0.1) is 6.92 Å². The van der Waals surface area contributed by atoms with Crippen LogP contribution in [0.1, 0.15) is 31.8 Å². The second-order valence-corrected chi connectivity index (χ2v) is 12.7. The number of hydrogen-bond donors (Lipinski definition) is 2. The molecule has 4 aromatic rings. The molecule has 0 aromatic heterocycles. The molecule has 47 heavy (non-hydrogen) atoms. The van der Waals surface area contributed by atoms with Crippen LogP contribution in [0.2, 0.25) is 0 Å². The third kappa shape index (κ3) is 10.2. The maximum Gasteiger partial charge on any atom is 0.397 e. The molecule has 1 saturated heterocycles. The van der Waals surface area contributed by atoms with E-state index < -0.39 is 52.2 Å². The zero-order valence-corrected chi connectivity index (χ0v) is 27.0. The van der Waals surface area contributed by atoms with Gasteiger partial charge >= 0.3 is 22.3 Å². The van der Waals surface area contributed by atoms with Crippen molar-refractivity contribution in [3.63, 3.8) is 0 Å². The van der Waals surface area contributed by atoms with Gasteiger partial charge in [0.15, 0.2) is 12.2 Å². The molecule has 5 atom stereocenters. The van der Waals surface area contributed by atoms with Gasteiger partial charge in [0.25, 0.3) is 0 Å². The summed E-state index contributed by atoms with van der Waals surface area (Å²) >= 11 is 1.18. The molecule has 0 aliphatic carbocycles. The number of carbonyl (C=O) groups excluding carboxylic acids is 2. The molecule has 1 fully saturated rings. The van der Waals surface area contributed by atoms with Gasteiger partial charge in [-0.15, -0.1) is 0 Å². The summed E-state index contributed by atoms with van der Waals surface area (Å²) in [5.41, 5.74) is 1.19. The predicted molar refractivity (Wildman–Crippen MR) is 175 cm³/mol. The van der Waals surface area contributed by atoms with Crippen molar-refractivity contribution in [1.82, 2.24) is 6.15 Å². The first-order valence-corrected chi connectivity index (χ1v) is 16.6. The molecule has 0 saturated carbocycles. The molecule has 248 valence electrons. The normalized spacial score (nSPS) is 20.9. The van der Waals surface area contributed by atoms with Crippen molar-refractivity contribution in [3.05, 3.63) is 138 Å². The van der Waals surface area contributed by atoms with Gasteiger partial charge in [-0.2, -0.15) is 8.42 Å². The molecule has 1 aliphatic heterocycles. The van der Waals surface area contributed by atoms with Crippen LogP contribution in [0.4, 0.5) is 0 Å². The number of esters is 2. The third-order valence-electron chi connectivity index (χ3n) is 7.00. The topological polar surface area (TPSA) is 170 Å². The fraction of sp³-hybridized carbons (Fsp3) is 0.235. The molecule has 5 rings (SSSR count). The van der Waals surface area contributed by atoms with Crippen molar-refractivity contribution in [2.45, 2.75) is 48.3 Å². The summed E-state index contributed by atoms with van der Waals surface area (Å²) in [6, 6.07) is 32.9. The molecule has 0 unspecified atom stereocenters. The van der Waals surface area contributed by atoms with Crippen LogP contribution in [-0.2, 0) is 40.1 Å². The number of carbonyl (C=O) groups is 2. The fourth-order valence-corrected chi connectivity index (χ4v) is 6.39. The maximum atomic E-state index is 13.4. The van der Waals surface area contributed by atoms with Crippen LogP contribution in [-0.4, -0.2) is 61.4 Å². The highest BCUT2D eigenvalue weighted by Gasteiger charge is 2.53. The van der Waals surface area contributed by atoms with E-state index in [1.807, 2.05) is 61.5 Å². The van der Waals surface area contributed by atoms with Crippen molar-refractivity contribution in [2.75, 3.05) is 6.61 Å². The minimum Gasteiger partial charge on any atom is -0.452 e. The Kier molecular flexibility index (Phi) is 12.7. The lowest BCUT2D eigenvalue weighted by Crippen LogP contribution is -2.61. The maximum absolute atomic E-state index is 13.4. The second kappa shape index (κ2) is 16.7. The second-order valence-electron chi connectivity index (χ2n) is 10.4. The molecule has 0 amide bonds. The Morgan fingerprint density at radius 2 is 1.26 bits per heavy atom. The van der Waals surface area contributed by atoms with Gasteiger partial charge in [-0.3, -0.25) is 4.55 Å². The van der Waals surface area contributed by atoms with E-state index in [1.54, 1.807) is 48.5 Å². The Labute approximate surface area is 277 Å². The fourth-order valence-electron chi connectivity index (χ4n) is 4.77. The van der Waals surface area contributed by atoms with Gasteiger partial charge in [-0.25, -0.2) is 13.8 Å². The highest BCUT2D eigenvalue weighted by Crippen LogP contribution is 2.38. The molecule has 1 aliphatic rings. The van der Waals surface area contributed by atoms with Crippen molar-refractivity contribution in [2.24, 2.45) is 0 Å². The van der Waals surface area contributed by atoms with Gasteiger partial charge in [0.1, 0.15) is 17.6 Å². The number of rotatable bonds is 12. The molecule has 0 bridgehead atoms. The Bertz CT molecular complexity index is 1690. The van der Waals surface area contributed by atoms with Gasteiger partial charge < -0.3 is 25.1 Å². The molecular formula is C34H35NO10S2. The molecule has 4 aromatic carbocycles. The molecule has 0 radical (unpaired) electrons. The van der Waals surface area contributed by atoms with Crippen molar-refractivity contribution >= 4 is 34.1 Å². The molecular weight excluding hydrogens is 647 g/mol. The number of hydrogen-bond acceptors (Lipinski definition) is 11. The monoisotopic (exact) mass is 681 g/mol. The predicted octanol–water partition coefficient (Wildman–Crippen LogP) is 5.83. The van der Waals surface area contributed by atoms with Crippen LogP contribution in [0.3, 0.4) is 0 Å². The number of ether oxygens (including phenoxy) is 4. The Morgan fingerprint density at radius 1 is 0.745 bits per heavy atom. The highest BCUT2D eigenvalue weighted by atomic mass is 32.3. The van der Waals surface area contributed by atoms with Crippen LogP contribution < -0.4 is 6.15 Å². The Hall–Kier alpha value is -4.08. The first-order valence-electron chi connectivity index (χ1n) is 14.3. The first kappa shape index (κ1) is 35.8. The SMILES string of the molecule is Cc1ccc(S[C@@H]2O[C@H](COCc3ccccc3)[C@@H](OS(=O)(=O)O)[C@H](OC(=O)c3ccccc3)[C@H]2OC(=O)c2ccccc2)cc1.N. The lowest BCUT2D eigenvalue weighted by atomic mass is 9.99. The molecule has 11 nitrogen and oxygen atoms in total. The first-order chi connectivity index (χ1) is 22.2. The minimum absolute atomic E-state index is 0. The quantitative estimate of drug-likeness (QED) is 0.136. The van der Waals surface area contributed by atoms with Gasteiger partial charge in [-0.05, 0) is 48.9 Å². The third-order valence-corrected chi connectivity index (χ3v) is 8.62. The van der Waals surface area contributed by atoms with Gasteiger partial charge in [0, 0.05) is 4.90 Å². The average molecular weight is 682 g/mol. The standard InChI is InChI=1S/C34H32O10S2.H3N/c1-23-17-19-27(20-18-23)45-34-31(43-33(36)26-15-9-4-10-16-26)30(42-32(35)25-13-7-3-8-14-25)29(44-46(37,38)39)28(41-34)22-40-21-24-11-5-2-6-12-24;/h2-20,28-31,34H,21-22H2,1H3,(H,37,38,39);1H3/t28-,29-,30+,31-,34+;/m1./s1. The van der Waals surface area contributed by atoms with E-state index in [9.17, 15) is 22.6 Å². The van der Waals surface area contributed by atoms with Gasteiger partial charge in [-0.1, -0.05) is 96.2 Å². The van der Waals surface area contributed by atoms with Crippen LogP contribution >= 0.6 is 11.8 Å². The van der Waals surface area contributed by atoms with E-state index in [2.05, 4.69) is 0 Å². The Morgan fingerprint density at radius 3 is 1.79 bits per heavy atom. The van der Waals surface area contributed by atoms with Crippen molar-refractivity contribution in [1.29, 1.82) is 0 Å². The zero-order valence-electron chi connectivity index (χ0n) is 25.4. The largest absolute Gasteiger partial charge is 0.452 e. The Balaban J connectivity index is 0.00000500.